The molecule has 0 aliphatic carbocycles. The van der Waals surface area contributed by atoms with Crippen molar-refractivity contribution >= 4 is 0 Å². The van der Waals surface area contributed by atoms with E-state index >= 15 is 0 Å². The van der Waals surface area contributed by atoms with E-state index in [0.29, 0.717) is 48.6 Å². The van der Waals surface area contributed by atoms with Crippen LogP contribution in [0.4, 0.5) is 0 Å². The summed E-state index contributed by atoms with van der Waals surface area (Å²) in [6.45, 7) is 1.41. The molecule has 1 aliphatic rings. The van der Waals surface area contributed by atoms with Gasteiger partial charge in [0, 0.05) is 25.4 Å². The SMILES string of the molecule is COc1ccccc1-c1noc(CCc2nc([C@H]3CCOC3)no2)n1. The van der Waals surface area contributed by atoms with Gasteiger partial charge in [0.2, 0.25) is 17.6 Å². The molecule has 2 aromatic heterocycles. The summed E-state index contributed by atoms with van der Waals surface area (Å²) < 4.78 is 21.3. The van der Waals surface area contributed by atoms with Crippen molar-refractivity contribution in [2.45, 2.75) is 25.2 Å². The number of ether oxygens (including phenoxy) is 2. The Labute approximate surface area is 144 Å². The fraction of sp³-hybridized carbons (Fsp3) is 0.412. The highest BCUT2D eigenvalue weighted by atomic mass is 16.5. The van der Waals surface area contributed by atoms with E-state index in [1.807, 2.05) is 24.3 Å². The molecule has 3 heterocycles. The van der Waals surface area contributed by atoms with E-state index < -0.39 is 0 Å². The number of methoxy groups -OCH3 is 1. The summed E-state index contributed by atoms with van der Waals surface area (Å²) in [5.41, 5.74) is 0.793. The Morgan fingerprint density at radius 1 is 1.08 bits per heavy atom. The first-order valence-electron chi connectivity index (χ1n) is 8.19. The fourth-order valence-corrected chi connectivity index (χ4v) is 2.78. The third-order valence-electron chi connectivity index (χ3n) is 4.15. The zero-order valence-electron chi connectivity index (χ0n) is 13.8. The summed E-state index contributed by atoms with van der Waals surface area (Å²) in [7, 11) is 1.61. The van der Waals surface area contributed by atoms with E-state index in [-0.39, 0.29) is 5.92 Å². The van der Waals surface area contributed by atoms with Crippen LogP contribution < -0.4 is 4.74 Å². The van der Waals surface area contributed by atoms with Crippen LogP contribution in [0.25, 0.3) is 11.4 Å². The van der Waals surface area contributed by atoms with Crippen molar-refractivity contribution in [2.24, 2.45) is 0 Å². The summed E-state index contributed by atoms with van der Waals surface area (Å²) in [5.74, 6) is 3.24. The molecule has 1 atom stereocenters. The molecule has 25 heavy (non-hydrogen) atoms. The smallest absolute Gasteiger partial charge is 0.227 e. The van der Waals surface area contributed by atoms with Crippen LogP contribution in [0, 0.1) is 0 Å². The monoisotopic (exact) mass is 342 g/mol. The van der Waals surface area contributed by atoms with Crippen LogP contribution in [0.15, 0.2) is 33.3 Å². The van der Waals surface area contributed by atoms with Crippen LogP contribution >= 0.6 is 0 Å². The fourth-order valence-electron chi connectivity index (χ4n) is 2.78. The molecule has 0 amide bonds. The van der Waals surface area contributed by atoms with Gasteiger partial charge in [-0.1, -0.05) is 22.4 Å². The van der Waals surface area contributed by atoms with Gasteiger partial charge in [-0.25, -0.2) is 0 Å². The molecule has 1 fully saturated rings. The van der Waals surface area contributed by atoms with E-state index in [0.717, 1.165) is 18.6 Å². The molecule has 0 unspecified atom stereocenters. The van der Waals surface area contributed by atoms with Crippen molar-refractivity contribution in [1.82, 2.24) is 20.3 Å². The molecule has 8 heteroatoms. The Balaban J connectivity index is 1.41. The van der Waals surface area contributed by atoms with Crippen molar-refractivity contribution in [2.75, 3.05) is 20.3 Å². The minimum Gasteiger partial charge on any atom is -0.496 e. The molecular formula is C17H18N4O4. The van der Waals surface area contributed by atoms with Gasteiger partial charge >= 0.3 is 0 Å². The van der Waals surface area contributed by atoms with Crippen molar-refractivity contribution in [1.29, 1.82) is 0 Å². The topological polar surface area (TPSA) is 96.3 Å². The predicted molar refractivity (Wildman–Crippen MR) is 86.2 cm³/mol. The molecule has 0 bridgehead atoms. The van der Waals surface area contributed by atoms with Gasteiger partial charge in [0.05, 0.1) is 19.3 Å². The standard InChI is InChI=1S/C17H18N4O4/c1-22-13-5-3-2-4-12(13)17-19-15(25-21-17)7-6-14-18-16(20-24-14)11-8-9-23-10-11/h2-5,11H,6-10H2,1H3/t11-/m0/s1. The van der Waals surface area contributed by atoms with Gasteiger partial charge in [-0.3, -0.25) is 0 Å². The Morgan fingerprint density at radius 2 is 1.88 bits per heavy atom. The number of rotatable bonds is 6. The highest BCUT2D eigenvalue weighted by Crippen LogP contribution is 2.27. The van der Waals surface area contributed by atoms with Crippen LogP contribution in [-0.2, 0) is 17.6 Å². The summed E-state index contributed by atoms with van der Waals surface area (Å²) in [5, 5.41) is 8.06. The van der Waals surface area contributed by atoms with E-state index in [9.17, 15) is 0 Å². The van der Waals surface area contributed by atoms with Crippen LogP contribution in [0.3, 0.4) is 0 Å². The molecule has 4 rings (SSSR count). The number of hydrogen-bond donors (Lipinski definition) is 0. The van der Waals surface area contributed by atoms with Crippen LogP contribution in [0.1, 0.15) is 29.9 Å². The molecule has 130 valence electrons. The molecule has 1 aliphatic heterocycles. The predicted octanol–water partition coefficient (Wildman–Crippen LogP) is 2.42. The summed E-state index contributed by atoms with van der Waals surface area (Å²) in [6.07, 6.45) is 2.02. The lowest BCUT2D eigenvalue weighted by Gasteiger charge is -2.02. The second kappa shape index (κ2) is 7.02. The molecule has 0 spiro atoms. The minimum absolute atomic E-state index is 0.234. The summed E-state index contributed by atoms with van der Waals surface area (Å²) in [6, 6.07) is 7.55. The van der Waals surface area contributed by atoms with Gasteiger partial charge < -0.3 is 18.5 Å². The van der Waals surface area contributed by atoms with Gasteiger partial charge in [-0.2, -0.15) is 9.97 Å². The Morgan fingerprint density at radius 3 is 2.68 bits per heavy atom. The molecule has 0 saturated carbocycles. The number of nitrogens with zero attached hydrogens (tertiary/aromatic N) is 4. The van der Waals surface area contributed by atoms with Crippen LogP contribution in [0.2, 0.25) is 0 Å². The maximum atomic E-state index is 5.35. The molecule has 0 N–H and O–H groups in total. The summed E-state index contributed by atoms with van der Waals surface area (Å²) in [4.78, 5) is 8.85. The van der Waals surface area contributed by atoms with Crippen molar-refractivity contribution in [3.05, 3.63) is 41.9 Å². The lowest BCUT2D eigenvalue weighted by molar-refractivity contribution is 0.192. The normalized spacial score (nSPS) is 17.1. The van der Waals surface area contributed by atoms with E-state index in [4.69, 9.17) is 18.5 Å². The highest BCUT2D eigenvalue weighted by molar-refractivity contribution is 5.63. The molecular weight excluding hydrogens is 324 g/mol. The van der Waals surface area contributed by atoms with Gasteiger partial charge in [0.1, 0.15) is 5.75 Å². The first-order valence-corrected chi connectivity index (χ1v) is 8.19. The molecule has 1 saturated heterocycles. The number of hydrogen-bond acceptors (Lipinski definition) is 8. The quantitative estimate of drug-likeness (QED) is 0.674. The zero-order valence-corrected chi connectivity index (χ0v) is 13.8. The van der Waals surface area contributed by atoms with Crippen molar-refractivity contribution in [3.63, 3.8) is 0 Å². The van der Waals surface area contributed by atoms with Gasteiger partial charge in [-0.05, 0) is 18.6 Å². The van der Waals surface area contributed by atoms with Gasteiger partial charge in [0.25, 0.3) is 0 Å². The highest BCUT2D eigenvalue weighted by Gasteiger charge is 2.23. The average molecular weight is 342 g/mol. The molecule has 0 radical (unpaired) electrons. The van der Waals surface area contributed by atoms with E-state index in [1.54, 1.807) is 7.11 Å². The number of benzene rings is 1. The van der Waals surface area contributed by atoms with Crippen molar-refractivity contribution < 1.29 is 18.5 Å². The minimum atomic E-state index is 0.234. The third-order valence-corrected chi connectivity index (χ3v) is 4.15. The van der Waals surface area contributed by atoms with E-state index in [1.165, 1.54) is 0 Å². The lowest BCUT2D eigenvalue weighted by atomic mass is 10.1. The molecule has 3 aromatic rings. The maximum absolute atomic E-state index is 5.35. The Kier molecular flexibility index (Phi) is 4.43. The largest absolute Gasteiger partial charge is 0.496 e. The number of para-hydroxylation sites is 1. The second-order valence-electron chi connectivity index (χ2n) is 5.82. The molecule has 8 nitrogen and oxygen atoms in total. The number of aryl methyl sites for hydroxylation is 2. The number of aromatic nitrogens is 4. The van der Waals surface area contributed by atoms with Crippen LogP contribution in [-0.4, -0.2) is 40.6 Å². The maximum Gasteiger partial charge on any atom is 0.227 e. The average Bonchev–Trinajstić information content (AvgIpc) is 3.40. The third kappa shape index (κ3) is 3.39. The second-order valence-corrected chi connectivity index (χ2v) is 5.82. The van der Waals surface area contributed by atoms with Gasteiger partial charge in [-0.15, -0.1) is 0 Å². The molecule has 1 aromatic carbocycles. The van der Waals surface area contributed by atoms with Crippen LogP contribution in [0.5, 0.6) is 5.75 Å². The Hall–Kier alpha value is -2.74. The first-order chi connectivity index (χ1) is 12.3. The van der Waals surface area contributed by atoms with Gasteiger partial charge in [0.15, 0.2) is 5.82 Å². The zero-order chi connectivity index (χ0) is 17.1. The lowest BCUT2D eigenvalue weighted by Crippen LogP contribution is -2.00. The van der Waals surface area contributed by atoms with E-state index in [2.05, 4.69) is 20.3 Å². The first kappa shape index (κ1) is 15.8. The summed E-state index contributed by atoms with van der Waals surface area (Å²) >= 11 is 0. The Bertz CT molecular complexity index is 839. The van der Waals surface area contributed by atoms with Crippen molar-refractivity contribution in [3.8, 4) is 17.1 Å².